The minimum Gasteiger partial charge on any atom is -0.203 e. The van der Waals surface area contributed by atoms with Crippen molar-refractivity contribution in [3.05, 3.63) is 58.7 Å². The molecular weight excluding hydrogens is 338 g/mol. The van der Waals surface area contributed by atoms with Gasteiger partial charge in [-0.15, -0.1) is 0 Å². The molecule has 1 atom stereocenters. The zero-order valence-electron chi connectivity index (χ0n) is 16.4. The fourth-order valence-corrected chi connectivity index (χ4v) is 4.85. The molecule has 0 spiro atoms. The molecule has 0 saturated carbocycles. The largest absolute Gasteiger partial charge is 0.203 e. The highest BCUT2D eigenvalue weighted by atomic mass is 19.2. The molecule has 0 radical (unpaired) electrons. The number of fused-ring (bicyclic) bond motifs is 5. The van der Waals surface area contributed by atoms with Gasteiger partial charge in [-0.3, -0.25) is 0 Å². The minimum absolute atomic E-state index is 0.445. The Kier molecular flexibility index (Phi) is 5.16. The molecule has 1 aliphatic carbocycles. The van der Waals surface area contributed by atoms with E-state index in [1.54, 1.807) is 0 Å². The number of benzene rings is 3. The summed E-state index contributed by atoms with van der Waals surface area (Å²) in [5.41, 5.74) is 2.94. The molecule has 2 heteroatoms. The summed E-state index contributed by atoms with van der Waals surface area (Å²) in [6, 6.07) is 10.3. The molecule has 1 unspecified atom stereocenters. The Bertz CT molecular complexity index is 987. The van der Waals surface area contributed by atoms with Gasteiger partial charge in [-0.05, 0) is 64.5 Å². The molecule has 0 amide bonds. The van der Waals surface area contributed by atoms with Crippen molar-refractivity contribution >= 4 is 21.5 Å². The normalized spacial score (nSPS) is 16.4. The second-order valence-corrected chi connectivity index (χ2v) is 8.15. The van der Waals surface area contributed by atoms with Crippen LogP contribution in [0.25, 0.3) is 21.5 Å². The van der Waals surface area contributed by atoms with Crippen LogP contribution in [-0.2, 0) is 19.3 Å². The predicted octanol–water partition coefficient (Wildman–Crippen LogP) is 7.52. The van der Waals surface area contributed by atoms with E-state index in [2.05, 4.69) is 32.0 Å². The summed E-state index contributed by atoms with van der Waals surface area (Å²) >= 11 is 0. The van der Waals surface area contributed by atoms with Crippen LogP contribution in [0.1, 0.15) is 62.6 Å². The lowest BCUT2D eigenvalue weighted by Gasteiger charge is -2.12. The van der Waals surface area contributed by atoms with Gasteiger partial charge in [-0.2, -0.15) is 0 Å². The fraction of sp³-hybridized carbons (Fsp3) is 0.440. The molecule has 3 aromatic rings. The molecule has 0 N–H and O–H groups in total. The summed E-state index contributed by atoms with van der Waals surface area (Å²) < 4.78 is 30.0. The van der Waals surface area contributed by atoms with Crippen molar-refractivity contribution in [3.63, 3.8) is 0 Å². The van der Waals surface area contributed by atoms with Gasteiger partial charge in [0.05, 0.1) is 0 Å². The van der Waals surface area contributed by atoms with E-state index in [9.17, 15) is 4.39 Å². The van der Waals surface area contributed by atoms with Crippen LogP contribution in [-0.4, -0.2) is 0 Å². The lowest BCUT2D eigenvalue weighted by molar-refractivity contribution is 0.484. The van der Waals surface area contributed by atoms with Gasteiger partial charge in [0, 0.05) is 5.39 Å². The number of unbranched alkanes of at least 4 members (excludes halogenated alkanes) is 2. The van der Waals surface area contributed by atoms with Gasteiger partial charge < -0.3 is 0 Å². The zero-order chi connectivity index (χ0) is 19.0. The highest BCUT2D eigenvalue weighted by Crippen LogP contribution is 2.40. The molecule has 1 aliphatic rings. The van der Waals surface area contributed by atoms with Crippen LogP contribution in [0.5, 0.6) is 0 Å². The van der Waals surface area contributed by atoms with E-state index in [4.69, 9.17) is 0 Å². The van der Waals surface area contributed by atoms with Gasteiger partial charge in [-0.1, -0.05) is 69.9 Å². The molecule has 0 aromatic heterocycles. The minimum atomic E-state index is -0.662. The fourth-order valence-electron chi connectivity index (χ4n) is 4.85. The molecule has 142 valence electrons. The summed E-state index contributed by atoms with van der Waals surface area (Å²) in [6.07, 6.45) is 8.35. The van der Waals surface area contributed by atoms with Gasteiger partial charge in [0.15, 0.2) is 11.6 Å². The molecule has 0 aliphatic heterocycles. The van der Waals surface area contributed by atoms with Crippen LogP contribution in [0.2, 0.25) is 0 Å². The van der Waals surface area contributed by atoms with Crippen LogP contribution >= 0.6 is 0 Å². The number of hydrogen-bond acceptors (Lipinski definition) is 0. The second-order valence-electron chi connectivity index (χ2n) is 8.15. The maximum Gasteiger partial charge on any atom is 0.167 e. The molecular formula is C25H28F2. The van der Waals surface area contributed by atoms with Gasteiger partial charge >= 0.3 is 0 Å². The Morgan fingerprint density at radius 2 is 1.63 bits per heavy atom. The predicted molar refractivity (Wildman–Crippen MR) is 110 cm³/mol. The van der Waals surface area contributed by atoms with Crippen LogP contribution in [0.4, 0.5) is 8.78 Å². The number of rotatable bonds is 6. The van der Waals surface area contributed by atoms with Crippen molar-refractivity contribution in [2.24, 2.45) is 5.92 Å². The van der Waals surface area contributed by atoms with Gasteiger partial charge in [0.2, 0.25) is 0 Å². The van der Waals surface area contributed by atoms with Crippen LogP contribution < -0.4 is 0 Å². The van der Waals surface area contributed by atoms with Gasteiger partial charge in [0.1, 0.15) is 0 Å². The standard InChI is InChI=1S/C25H28F2/c1-3-5-6-8-16-9-11-19-18(13-16)10-12-20-21-14-17(7-4-2)15-22(21)24(26)25(27)23(19)20/h9-13,17H,3-8,14-15H2,1-2H3. The third kappa shape index (κ3) is 3.24. The third-order valence-electron chi connectivity index (χ3n) is 6.20. The summed E-state index contributed by atoms with van der Waals surface area (Å²) in [4.78, 5) is 0. The average molecular weight is 366 g/mol. The molecule has 27 heavy (non-hydrogen) atoms. The molecule has 3 aromatic carbocycles. The zero-order valence-corrected chi connectivity index (χ0v) is 16.4. The van der Waals surface area contributed by atoms with E-state index in [1.807, 2.05) is 12.1 Å². The number of hydrogen-bond donors (Lipinski definition) is 0. The van der Waals surface area contributed by atoms with E-state index in [1.165, 1.54) is 24.8 Å². The Hall–Kier alpha value is -1.96. The average Bonchev–Trinajstić information content (AvgIpc) is 3.10. The Balaban J connectivity index is 1.83. The lowest BCUT2D eigenvalue weighted by atomic mass is 9.93. The highest BCUT2D eigenvalue weighted by molar-refractivity contribution is 6.09. The van der Waals surface area contributed by atoms with Crippen molar-refractivity contribution in [2.75, 3.05) is 0 Å². The lowest BCUT2D eigenvalue weighted by Crippen LogP contribution is -1.99. The maximum absolute atomic E-state index is 15.1. The van der Waals surface area contributed by atoms with E-state index < -0.39 is 11.6 Å². The number of aryl methyl sites for hydroxylation is 1. The first-order valence-corrected chi connectivity index (χ1v) is 10.5. The number of halogens is 2. The van der Waals surface area contributed by atoms with E-state index in [0.717, 1.165) is 47.4 Å². The van der Waals surface area contributed by atoms with Crippen molar-refractivity contribution < 1.29 is 8.78 Å². The Morgan fingerprint density at radius 1 is 0.852 bits per heavy atom. The van der Waals surface area contributed by atoms with Crippen LogP contribution in [0, 0.1) is 17.6 Å². The van der Waals surface area contributed by atoms with Crippen molar-refractivity contribution in [1.29, 1.82) is 0 Å². The third-order valence-corrected chi connectivity index (χ3v) is 6.20. The van der Waals surface area contributed by atoms with E-state index in [0.29, 0.717) is 23.3 Å². The Morgan fingerprint density at radius 3 is 2.41 bits per heavy atom. The maximum atomic E-state index is 15.1. The summed E-state index contributed by atoms with van der Waals surface area (Å²) in [7, 11) is 0. The van der Waals surface area contributed by atoms with Crippen molar-refractivity contribution in [2.45, 2.75) is 65.2 Å². The molecule has 0 saturated heterocycles. The molecule has 0 heterocycles. The first-order valence-electron chi connectivity index (χ1n) is 10.5. The van der Waals surface area contributed by atoms with E-state index >= 15 is 4.39 Å². The SMILES string of the molecule is CCCCCc1ccc2c(ccc3c4c(c(F)c(F)c32)CC(CCC)C4)c1. The first kappa shape index (κ1) is 18.4. The van der Waals surface area contributed by atoms with E-state index in [-0.39, 0.29) is 0 Å². The molecule has 0 bridgehead atoms. The molecule has 4 rings (SSSR count). The monoisotopic (exact) mass is 366 g/mol. The van der Waals surface area contributed by atoms with Crippen LogP contribution in [0.15, 0.2) is 30.3 Å². The van der Waals surface area contributed by atoms with Crippen molar-refractivity contribution in [1.82, 2.24) is 0 Å². The first-order chi connectivity index (χ1) is 13.1. The molecule has 0 fully saturated rings. The van der Waals surface area contributed by atoms with Gasteiger partial charge in [-0.25, -0.2) is 8.78 Å². The Labute approximate surface area is 160 Å². The second kappa shape index (κ2) is 7.58. The topological polar surface area (TPSA) is 0 Å². The summed E-state index contributed by atoms with van der Waals surface area (Å²) in [5.74, 6) is -0.831. The summed E-state index contributed by atoms with van der Waals surface area (Å²) in [5, 5.41) is 3.23. The quantitative estimate of drug-likeness (QED) is 0.312. The summed E-state index contributed by atoms with van der Waals surface area (Å²) in [6.45, 7) is 4.36. The van der Waals surface area contributed by atoms with Crippen molar-refractivity contribution in [3.8, 4) is 0 Å². The highest BCUT2D eigenvalue weighted by Gasteiger charge is 2.29. The van der Waals surface area contributed by atoms with Gasteiger partial charge in [0.25, 0.3) is 0 Å². The van der Waals surface area contributed by atoms with Crippen LogP contribution in [0.3, 0.4) is 0 Å². The molecule has 0 nitrogen and oxygen atoms in total. The smallest absolute Gasteiger partial charge is 0.167 e.